The molecule has 0 aliphatic carbocycles. The number of carbonyl (C=O) groups excluding carboxylic acids is 1. The van der Waals surface area contributed by atoms with Crippen LogP contribution in [0.2, 0.25) is 0 Å². The number of aromatic nitrogens is 3. The van der Waals surface area contributed by atoms with E-state index in [1.54, 1.807) is 18.5 Å². The number of ether oxygens (including phenoxy) is 1. The minimum absolute atomic E-state index is 0.0875. The first-order valence-electron chi connectivity index (χ1n) is 8.15. The van der Waals surface area contributed by atoms with Gasteiger partial charge in [0.1, 0.15) is 5.75 Å². The number of nitrogens with one attached hydrogen (secondary N) is 2. The summed E-state index contributed by atoms with van der Waals surface area (Å²) in [5.41, 5.74) is 1.75. The molecule has 128 valence electrons. The van der Waals surface area contributed by atoms with Crippen LogP contribution in [0, 0.1) is 0 Å². The maximum absolute atomic E-state index is 12.1. The van der Waals surface area contributed by atoms with Gasteiger partial charge in [-0.1, -0.05) is 30.3 Å². The van der Waals surface area contributed by atoms with Gasteiger partial charge in [-0.25, -0.2) is 0 Å². The number of amides is 1. The van der Waals surface area contributed by atoms with Gasteiger partial charge in [0.2, 0.25) is 0 Å². The van der Waals surface area contributed by atoms with Crippen molar-refractivity contribution < 1.29 is 9.53 Å². The van der Waals surface area contributed by atoms with Gasteiger partial charge in [0.15, 0.2) is 12.4 Å². The van der Waals surface area contributed by atoms with Gasteiger partial charge in [-0.15, -0.1) is 0 Å². The molecule has 2 aromatic carbocycles. The fraction of sp³-hybridized carbons (Fsp3) is 0.0500. The van der Waals surface area contributed by atoms with Crippen molar-refractivity contribution in [3.8, 4) is 17.0 Å². The summed E-state index contributed by atoms with van der Waals surface area (Å²) in [5, 5.41) is 11.9. The summed E-state index contributed by atoms with van der Waals surface area (Å²) < 4.78 is 5.58. The van der Waals surface area contributed by atoms with Gasteiger partial charge in [0.25, 0.3) is 5.91 Å². The molecular weight excluding hydrogens is 328 g/mol. The van der Waals surface area contributed by atoms with Gasteiger partial charge in [-0.3, -0.25) is 14.9 Å². The molecule has 2 heterocycles. The number of nitrogens with zero attached hydrogens (tertiary/aromatic N) is 2. The number of aromatic amines is 1. The second kappa shape index (κ2) is 7.06. The standard InChI is InChI=1S/C20H16N4O2/c25-20(13-26-17-6-5-14-3-1-2-4-16(14)11-17)22-19-12-18(23-24-19)15-7-9-21-10-8-15/h1-12H,13H2,(H2,22,23,24,25). The predicted molar refractivity (Wildman–Crippen MR) is 99.9 cm³/mol. The van der Waals surface area contributed by atoms with Crippen molar-refractivity contribution in [2.45, 2.75) is 0 Å². The van der Waals surface area contributed by atoms with Crippen LogP contribution in [-0.2, 0) is 4.79 Å². The highest BCUT2D eigenvalue weighted by Crippen LogP contribution is 2.21. The molecular formula is C20H16N4O2. The lowest BCUT2D eigenvalue weighted by Gasteiger charge is -2.07. The molecule has 0 radical (unpaired) electrons. The third-order valence-electron chi connectivity index (χ3n) is 3.93. The van der Waals surface area contributed by atoms with Crippen LogP contribution in [0.5, 0.6) is 5.75 Å². The molecule has 2 aromatic heterocycles. The number of pyridine rings is 1. The summed E-state index contributed by atoms with van der Waals surface area (Å²) in [7, 11) is 0. The average Bonchev–Trinajstić information content (AvgIpc) is 3.15. The summed E-state index contributed by atoms with van der Waals surface area (Å²) >= 11 is 0. The number of carbonyl (C=O) groups is 1. The van der Waals surface area contributed by atoms with Crippen LogP contribution < -0.4 is 10.1 Å². The van der Waals surface area contributed by atoms with Crippen molar-refractivity contribution in [1.82, 2.24) is 15.2 Å². The summed E-state index contributed by atoms with van der Waals surface area (Å²) in [6.07, 6.45) is 3.40. The van der Waals surface area contributed by atoms with E-state index in [0.717, 1.165) is 22.0 Å². The van der Waals surface area contributed by atoms with Crippen LogP contribution in [-0.4, -0.2) is 27.7 Å². The molecule has 4 rings (SSSR count). The van der Waals surface area contributed by atoms with E-state index >= 15 is 0 Å². The topological polar surface area (TPSA) is 79.9 Å². The molecule has 0 saturated heterocycles. The van der Waals surface area contributed by atoms with Gasteiger partial charge in [0.05, 0.1) is 5.69 Å². The summed E-state index contributed by atoms with van der Waals surface area (Å²) in [6.45, 7) is -0.0875. The van der Waals surface area contributed by atoms with Crippen LogP contribution in [0.3, 0.4) is 0 Å². The minimum atomic E-state index is -0.272. The maximum Gasteiger partial charge on any atom is 0.263 e. The third-order valence-corrected chi connectivity index (χ3v) is 3.93. The molecule has 0 unspecified atom stereocenters. The van der Waals surface area contributed by atoms with Crippen molar-refractivity contribution in [3.63, 3.8) is 0 Å². The van der Waals surface area contributed by atoms with Gasteiger partial charge in [0, 0.05) is 24.0 Å². The summed E-state index contributed by atoms with van der Waals surface area (Å²) in [5.74, 6) is 0.827. The maximum atomic E-state index is 12.1. The van der Waals surface area contributed by atoms with Crippen molar-refractivity contribution in [3.05, 3.63) is 73.1 Å². The highest BCUT2D eigenvalue weighted by atomic mass is 16.5. The molecule has 2 N–H and O–H groups in total. The van der Waals surface area contributed by atoms with Crippen LogP contribution in [0.4, 0.5) is 5.82 Å². The first kappa shape index (κ1) is 15.8. The lowest BCUT2D eigenvalue weighted by molar-refractivity contribution is -0.118. The number of hydrogen-bond donors (Lipinski definition) is 2. The first-order valence-corrected chi connectivity index (χ1v) is 8.15. The Balaban J connectivity index is 1.37. The molecule has 1 amide bonds. The second-order valence-electron chi connectivity index (χ2n) is 5.75. The lowest BCUT2D eigenvalue weighted by Crippen LogP contribution is -2.20. The number of rotatable bonds is 5. The Hall–Kier alpha value is -3.67. The van der Waals surface area contributed by atoms with Crippen LogP contribution in [0.25, 0.3) is 22.0 Å². The van der Waals surface area contributed by atoms with Crippen molar-refractivity contribution >= 4 is 22.5 Å². The van der Waals surface area contributed by atoms with Gasteiger partial charge in [-0.2, -0.15) is 5.10 Å². The van der Waals surface area contributed by atoms with E-state index in [1.807, 2.05) is 54.6 Å². The highest BCUT2D eigenvalue weighted by Gasteiger charge is 2.08. The number of fused-ring (bicyclic) bond motifs is 1. The van der Waals surface area contributed by atoms with Crippen molar-refractivity contribution in [2.24, 2.45) is 0 Å². The molecule has 0 fully saturated rings. The summed E-state index contributed by atoms with van der Waals surface area (Å²) in [4.78, 5) is 16.1. The normalized spacial score (nSPS) is 10.6. The monoisotopic (exact) mass is 344 g/mol. The Morgan fingerprint density at radius 1 is 1.00 bits per heavy atom. The molecule has 26 heavy (non-hydrogen) atoms. The molecule has 0 atom stereocenters. The van der Waals surface area contributed by atoms with E-state index in [-0.39, 0.29) is 12.5 Å². The van der Waals surface area contributed by atoms with Crippen molar-refractivity contribution in [2.75, 3.05) is 11.9 Å². The second-order valence-corrected chi connectivity index (χ2v) is 5.75. The van der Waals surface area contributed by atoms with Gasteiger partial charge < -0.3 is 10.1 Å². The zero-order chi connectivity index (χ0) is 17.8. The molecule has 6 nitrogen and oxygen atoms in total. The van der Waals surface area contributed by atoms with E-state index in [2.05, 4.69) is 20.5 Å². The zero-order valence-corrected chi connectivity index (χ0v) is 13.8. The van der Waals surface area contributed by atoms with Crippen LogP contribution in [0.15, 0.2) is 73.1 Å². The zero-order valence-electron chi connectivity index (χ0n) is 13.8. The van der Waals surface area contributed by atoms with E-state index in [4.69, 9.17) is 4.74 Å². The molecule has 0 saturated carbocycles. The quantitative estimate of drug-likeness (QED) is 0.579. The van der Waals surface area contributed by atoms with E-state index in [1.165, 1.54) is 0 Å². The lowest BCUT2D eigenvalue weighted by atomic mass is 10.1. The molecule has 0 bridgehead atoms. The average molecular weight is 344 g/mol. The van der Waals surface area contributed by atoms with Gasteiger partial charge >= 0.3 is 0 Å². The molecule has 4 aromatic rings. The molecule has 0 aliphatic heterocycles. The number of anilines is 1. The molecule has 0 aliphatic rings. The Bertz CT molecular complexity index is 1040. The van der Waals surface area contributed by atoms with E-state index in [9.17, 15) is 4.79 Å². The van der Waals surface area contributed by atoms with Crippen molar-refractivity contribution in [1.29, 1.82) is 0 Å². The van der Waals surface area contributed by atoms with Gasteiger partial charge in [-0.05, 0) is 35.0 Å². The minimum Gasteiger partial charge on any atom is -0.484 e. The number of H-pyrrole nitrogens is 1. The number of hydrogen-bond acceptors (Lipinski definition) is 4. The first-order chi connectivity index (χ1) is 12.8. The van der Waals surface area contributed by atoms with E-state index in [0.29, 0.717) is 11.6 Å². The van der Waals surface area contributed by atoms with Crippen LogP contribution >= 0.6 is 0 Å². The molecule has 6 heteroatoms. The number of benzene rings is 2. The smallest absolute Gasteiger partial charge is 0.263 e. The SMILES string of the molecule is O=C(COc1ccc2ccccc2c1)Nc1cc(-c2ccncc2)[nH]n1. The molecule has 0 spiro atoms. The fourth-order valence-corrected chi connectivity index (χ4v) is 2.65. The third kappa shape index (κ3) is 3.54. The largest absolute Gasteiger partial charge is 0.484 e. The Morgan fingerprint density at radius 3 is 2.65 bits per heavy atom. The Labute approximate surface area is 149 Å². The predicted octanol–water partition coefficient (Wildman–Crippen LogP) is 3.64. The highest BCUT2D eigenvalue weighted by molar-refractivity contribution is 5.91. The Morgan fingerprint density at radius 2 is 1.81 bits per heavy atom. The van der Waals surface area contributed by atoms with Crippen LogP contribution in [0.1, 0.15) is 0 Å². The fourth-order valence-electron chi connectivity index (χ4n) is 2.65. The van der Waals surface area contributed by atoms with E-state index < -0.39 is 0 Å². The Kier molecular flexibility index (Phi) is 4.30. The summed E-state index contributed by atoms with van der Waals surface area (Å²) in [6, 6.07) is 19.2.